The standard InChI is InChI=1S/C29H33FN2O5/c1-20(2)31-29(34)27(14-21-8-6-5-7-9-21)32(18-22-10-12-23(30)13-11-22)28(33)19-37-26-16-24(35-3)15-25(17-26)36-4/h5-13,15-17,20,27H,14,18-19H2,1-4H3,(H,31,34). The Balaban J connectivity index is 1.91. The van der Waals surface area contributed by atoms with Gasteiger partial charge in [0.05, 0.1) is 14.2 Å². The summed E-state index contributed by atoms with van der Waals surface area (Å²) in [6, 6.07) is 19.4. The van der Waals surface area contributed by atoms with Crippen molar-refractivity contribution < 1.29 is 28.2 Å². The summed E-state index contributed by atoms with van der Waals surface area (Å²) >= 11 is 0. The summed E-state index contributed by atoms with van der Waals surface area (Å²) in [6.45, 7) is 3.51. The summed E-state index contributed by atoms with van der Waals surface area (Å²) in [5, 5.41) is 2.93. The zero-order chi connectivity index (χ0) is 26.8. The molecule has 0 spiro atoms. The zero-order valence-corrected chi connectivity index (χ0v) is 21.6. The molecule has 0 aliphatic rings. The lowest BCUT2D eigenvalue weighted by Crippen LogP contribution is -2.52. The van der Waals surface area contributed by atoms with Gasteiger partial charge in [-0.15, -0.1) is 0 Å². The first-order valence-electron chi connectivity index (χ1n) is 12.0. The Morgan fingerprint density at radius 1 is 0.865 bits per heavy atom. The summed E-state index contributed by atoms with van der Waals surface area (Å²) in [5.74, 6) is 0.364. The van der Waals surface area contributed by atoms with E-state index in [-0.39, 0.29) is 30.9 Å². The molecule has 0 fully saturated rings. The Morgan fingerprint density at radius 2 is 1.46 bits per heavy atom. The molecule has 0 aliphatic heterocycles. The number of nitrogens with one attached hydrogen (secondary N) is 1. The number of halogens is 1. The van der Waals surface area contributed by atoms with Crippen LogP contribution in [0.25, 0.3) is 0 Å². The van der Waals surface area contributed by atoms with Crippen molar-refractivity contribution in [1.82, 2.24) is 10.2 Å². The van der Waals surface area contributed by atoms with Crippen LogP contribution in [0.5, 0.6) is 17.2 Å². The van der Waals surface area contributed by atoms with Gasteiger partial charge in [0.15, 0.2) is 6.61 Å². The molecule has 1 N–H and O–H groups in total. The highest BCUT2D eigenvalue weighted by Gasteiger charge is 2.31. The second kappa shape index (κ2) is 13.3. The van der Waals surface area contributed by atoms with E-state index >= 15 is 0 Å². The number of benzene rings is 3. The molecule has 3 aromatic rings. The van der Waals surface area contributed by atoms with Gasteiger partial charge in [0.25, 0.3) is 5.91 Å². The first-order valence-corrected chi connectivity index (χ1v) is 12.0. The second-order valence-corrected chi connectivity index (χ2v) is 8.85. The highest BCUT2D eigenvalue weighted by Crippen LogP contribution is 2.27. The van der Waals surface area contributed by atoms with Gasteiger partial charge < -0.3 is 24.4 Å². The van der Waals surface area contributed by atoms with Crippen LogP contribution in [-0.4, -0.2) is 49.6 Å². The molecule has 37 heavy (non-hydrogen) atoms. The molecule has 3 aromatic carbocycles. The molecule has 1 unspecified atom stereocenters. The number of methoxy groups -OCH3 is 2. The Hall–Kier alpha value is -4.07. The molecule has 0 saturated carbocycles. The van der Waals surface area contributed by atoms with Gasteiger partial charge in [0.1, 0.15) is 29.1 Å². The molecular formula is C29H33FN2O5. The SMILES string of the molecule is COc1cc(OC)cc(OCC(=O)N(Cc2ccc(F)cc2)C(Cc2ccccc2)C(=O)NC(C)C)c1. The fourth-order valence-corrected chi connectivity index (χ4v) is 3.81. The van der Waals surface area contributed by atoms with Crippen LogP contribution < -0.4 is 19.5 Å². The lowest BCUT2D eigenvalue weighted by Gasteiger charge is -2.32. The number of hydrogen-bond acceptors (Lipinski definition) is 5. The lowest BCUT2D eigenvalue weighted by molar-refractivity contribution is -0.143. The predicted molar refractivity (Wildman–Crippen MR) is 139 cm³/mol. The summed E-state index contributed by atoms with van der Waals surface area (Å²) in [5.41, 5.74) is 1.59. The summed E-state index contributed by atoms with van der Waals surface area (Å²) in [6.07, 6.45) is 0.305. The molecular weight excluding hydrogens is 475 g/mol. The van der Waals surface area contributed by atoms with Crippen LogP contribution in [0.2, 0.25) is 0 Å². The average Bonchev–Trinajstić information content (AvgIpc) is 2.90. The third-order valence-electron chi connectivity index (χ3n) is 5.66. The van der Waals surface area contributed by atoms with Crippen molar-refractivity contribution in [1.29, 1.82) is 0 Å². The highest BCUT2D eigenvalue weighted by atomic mass is 19.1. The average molecular weight is 509 g/mol. The fourth-order valence-electron chi connectivity index (χ4n) is 3.81. The number of ether oxygens (including phenoxy) is 3. The number of carbonyl (C=O) groups is 2. The molecule has 196 valence electrons. The number of carbonyl (C=O) groups excluding carboxylic acids is 2. The van der Waals surface area contributed by atoms with E-state index in [0.29, 0.717) is 29.2 Å². The maximum Gasteiger partial charge on any atom is 0.261 e. The first kappa shape index (κ1) is 27.5. The van der Waals surface area contributed by atoms with E-state index in [1.54, 1.807) is 30.3 Å². The van der Waals surface area contributed by atoms with E-state index in [0.717, 1.165) is 5.56 Å². The van der Waals surface area contributed by atoms with Gasteiger partial charge >= 0.3 is 0 Å². The highest BCUT2D eigenvalue weighted by molar-refractivity contribution is 5.88. The van der Waals surface area contributed by atoms with Gasteiger partial charge in [-0.05, 0) is 37.1 Å². The minimum atomic E-state index is -0.814. The minimum absolute atomic E-state index is 0.104. The van der Waals surface area contributed by atoms with Crippen molar-refractivity contribution in [3.8, 4) is 17.2 Å². The van der Waals surface area contributed by atoms with Crippen molar-refractivity contribution in [3.05, 3.63) is 89.7 Å². The fraction of sp³-hybridized carbons (Fsp3) is 0.310. The topological polar surface area (TPSA) is 77.1 Å². The predicted octanol–water partition coefficient (Wildman–Crippen LogP) is 4.39. The Kier molecular flexibility index (Phi) is 9.89. The summed E-state index contributed by atoms with van der Waals surface area (Å²) < 4.78 is 29.9. The first-order chi connectivity index (χ1) is 17.8. The number of hydrogen-bond donors (Lipinski definition) is 1. The quantitative estimate of drug-likeness (QED) is 0.393. The van der Waals surface area contributed by atoms with Crippen molar-refractivity contribution >= 4 is 11.8 Å². The molecule has 8 heteroatoms. The van der Waals surface area contributed by atoms with Gasteiger partial charge in [-0.25, -0.2) is 4.39 Å². The van der Waals surface area contributed by atoms with E-state index in [2.05, 4.69) is 5.32 Å². The molecule has 0 radical (unpaired) electrons. The molecule has 1 atom stereocenters. The van der Waals surface area contributed by atoms with E-state index in [1.165, 1.54) is 31.3 Å². The van der Waals surface area contributed by atoms with E-state index < -0.39 is 11.9 Å². The number of nitrogens with zero attached hydrogens (tertiary/aromatic N) is 1. The molecule has 7 nitrogen and oxygen atoms in total. The van der Waals surface area contributed by atoms with Crippen LogP contribution >= 0.6 is 0 Å². The van der Waals surface area contributed by atoms with Crippen LogP contribution in [0, 0.1) is 5.82 Å². The maximum absolute atomic E-state index is 13.6. The smallest absolute Gasteiger partial charge is 0.261 e. The number of rotatable bonds is 12. The summed E-state index contributed by atoms with van der Waals surface area (Å²) in [7, 11) is 3.05. The third kappa shape index (κ3) is 8.24. The molecule has 3 rings (SSSR count). The van der Waals surface area contributed by atoms with Gasteiger partial charge in [0, 0.05) is 37.2 Å². The van der Waals surface area contributed by atoms with Crippen LogP contribution in [0.1, 0.15) is 25.0 Å². The Morgan fingerprint density at radius 3 is 2.03 bits per heavy atom. The van der Waals surface area contributed by atoms with Crippen LogP contribution in [0.4, 0.5) is 4.39 Å². The van der Waals surface area contributed by atoms with Crippen molar-refractivity contribution in [2.75, 3.05) is 20.8 Å². The van der Waals surface area contributed by atoms with Crippen molar-refractivity contribution in [3.63, 3.8) is 0 Å². The Labute approximate surface area is 217 Å². The third-order valence-corrected chi connectivity index (χ3v) is 5.66. The molecule has 0 aliphatic carbocycles. The van der Waals surface area contributed by atoms with Gasteiger partial charge in [-0.1, -0.05) is 42.5 Å². The van der Waals surface area contributed by atoms with E-state index in [4.69, 9.17) is 14.2 Å². The van der Waals surface area contributed by atoms with Crippen LogP contribution in [0.3, 0.4) is 0 Å². The molecule has 0 saturated heterocycles. The van der Waals surface area contributed by atoms with Crippen molar-refractivity contribution in [2.24, 2.45) is 0 Å². The van der Waals surface area contributed by atoms with E-state index in [9.17, 15) is 14.0 Å². The largest absolute Gasteiger partial charge is 0.496 e. The summed E-state index contributed by atoms with van der Waals surface area (Å²) in [4.78, 5) is 28.4. The van der Waals surface area contributed by atoms with Gasteiger partial charge in [0.2, 0.25) is 5.91 Å². The Bertz CT molecular complexity index is 1150. The van der Waals surface area contributed by atoms with Gasteiger partial charge in [-0.2, -0.15) is 0 Å². The van der Waals surface area contributed by atoms with E-state index in [1.807, 2.05) is 44.2 Å². The monoisotopic (exact) mass is 508 g/mol. The van der Waals surface area contributed by atoms with Crippen LogP contribution in [0.15, 0.2) is 72.8 Å². The normalized spacial score (nSPS) is 11.5. The van der Waals surface area contributed by atoms with Crippen LogP contribution in [-0.2, 0) is 22.6 Å². The molecule has 0 aromatic heterocycles. The van der Waals surface area contributed by atoms with Gasteiger partial charge in [-0.3, -0.25) is 9.59 Å². The molecule has 0 heterocycles. The molecule has 2 amide bonds. The van der Waals surface area contributed by atoms with Crippen molar-refractivity contribution in [2.45, 2.75) is 38.9 Å². The molecule has 0 bridgehead atoms. The lowest BCUT2D eigenvalue weighted by atomic mass is 10.0. The number of amides is 2. The zero-order valence-electron chi connectivity index (χ0n) is 21.6. The second-order valence-electron chi connectivity index (χ2n) is 8.85. The maximum atomic E-state index is 13.6. The minimum Gasteiger partial charge on any atom is -0.496 e.